The van der Waals surface area contributed by atoms with Gasteiger partial charge in [0.05, 0.1) is 35.6 Å². The lowest BCUT2D eigenvalue weighted by molar-refractivity contribution is 0.182. The molecule has 1 unspecified atom stereocenters. The van der Waals surface area contributed by atoms with E-state index in [-0.39, 0.29) is 11.9 Å². The molecule has 2 rings (SSSR count). The van der Waals surface area contributed by atoms with E-state index in [9.17, 15) is 4.39 Å². The van der Waals surface area contributed by atoms with E-state index in [0.29, 0.717) is 18.7 Å². The van der Waals surface area contributed by atoms with Gasteiger partial charge in [-0.05, 0) is 47.1 Å². The smallest absolute Gasteiger partial charge is 0.126 e. The van der Waals surface area contributed by atoms with Crippen molar-refractivity contribution in [2.45, 2.75) is 19.5 Å². The van der Waals surface area contributed by atoms with Crippen LogP contribution in [0.3, 0.4) is 0 Å². The first-order valence-corrected chi connectivity index (χ1v) is 7.51. The zero-order valence-electron chi connectivity index (χ0n) is 12.4. The van der Waals surface area contributed by atoms with Gasteiger partial charge < -0.3 is 10.1 Å². The average molecular weight is 356 g/mol. The van der Waals surface area contributed by atoms with Crippen LogP contribution in [0.5, 0.6) is 0 Å². The Labute approximate surface area is 132 Å². The predicted octanol–water partition coefficient (Wildman–Crippen LogP) is 3.05. The number of methoxy groups -OCH3 is 1. The summed E-state index contributed by atoms with van der Waals surface area (Å²) < 4.78 is 21.7. The molecule has 1 heterocycles. The fraction of sp³-hybridized carbons (Fsp3) is 0.400. The van der Waals surface area contributed by atoms with E-state index in [2.05, 4.69) is 26.3 Å². The average Bonchev–Trinajstić information content (AvgIpc) is 2.83. The zero-order chi connectivity index (χ0) is 15.4. The fourth-order valence-corrected chi connectivity index (χ4v) is 2.79. The minimum Gasteiger partial charge on any atom is -0.383 e. The SMILES string of the molecule is CNC(c1ccc(C)c(F)c1)c1c(Br)cnn1CCOC. The van der Waals surface area contributed by atoms with Gasteiger partial charge in [-0.2, -0.15) is 5.10 Å². The lowest BCUT2D eigenvalue weighted by atomic mass is 10.0. The number of hydrogen-bond donors (Lipinski definition) is 1. The van der Waals surface area contributed by atoms with Gasteiger partial charge in [0, 0.05) is 7.11 Å². The van der Waals surface area contributed by atoms with Gasteiger partial charge in [-0.3, -0.25) is 4.68 Å². The molecule has 0 radical (unpaired) electrons. The molecule has 0 saturated carbocycles. The van der Waals surface area contributed by atoms with Gasteiger partial charge in [0.15, 0.2) is 0 Å². The Bertz CT molecular complexity index is 615. The van der Waals surface area contributed by atoms with Crippen molar-refractivity contribution in [3.05, 3.63) is 51.5 Å². The Morgan fingerprint density at radius 1 is 1.48 bits per heavy atom. The summed E-state index contributed by atoms with van der Waals surface area (Å²) in [6.07, 6.45) is 1.75. The number of hydrogen-bond acceptors (Lipinski definition) is 3. The molecule has 0 aliphatic carbocycles. The summed E-state index contributed by atoms with van der Waals surface area (Å²) in [5.41, 5.74) is 2.46. The van der Waals surface area contributed by atoms with E-state index in [4.69, 9.17) is 4.74 Å². The van der Waals surface area contributed by atoms with E-state index in [1.807, 2.05) is 17.8 Å². The van der Waals surface area contributed by atoms with Crippen molar-refractivity contribution in [3.8, 4) is 0 Å². The molecule has 4 nitrogen and oxygen atoms in total. The molecule has 0 saturated heterocycles. The number of benzene rings is 1. The Morgan fingerprint density at radius 2 is 2.24 bits per heavy atom. The highest BCUT2D eigenvalue weighted by atomic mass is 79.9. The van der Waals surface area contributed by atoms with Gasteiger partial charge in [0.2, 0.25) is 0 Å². The van der Waals surface area contributed by atoms with E-state index in [1.54, 1.807) is 32.4 Å². The zero-order valence-corrected chi connectivity index (χ0v) is 13.9. The Kier molecular flexibility index (Phi) is 5.50. The topological polar surface area (TPSA) is 39.1 Å². The van der Waals surface area contributed by atoms with E-state index in [0.717, 1.165) is 15.7 Å². The minimum atomic E-state index is -0.202. The van der Waals surface area contributed by atoms with Crippen LogP contribution in [-0.2, 0) is 11.3 Å². The van der Waals surface area contributed by atoms with E-state index in [1.165, 1.54) is 0 Å². The van der Waals surface area contributed by atoms with Crippen molar-refractivity contribution in [3.63, 3.8) is 0 Å². The fourth-order valence-electron chi connectivity index (χ4n) is 2.26. The first-order chi connectivity index (χ1) is 10.1. The van der Waals surface area contributed by atoms with Crippen molar-refractivity contribution < 1.29 is 9.13 Å². The largest absolute Gasteiger partial charge is 0.383 e. The number of nitrogens with one attached hydrogen (secondary N) is 1. The van der Waals surface area contributed by atoms with Crippen LogP contribution < -0.4 is 5.32 Å². The molecule has 1 N–H and O–H groups in total. The number of aromatic nitrogens is 2. The third-order valence-corrected chi connectivity index (χ3v) is 4.04. The number of halogens is 2. The van der Waals surface area contributed by atoms with Crippen molar-refractivity contribution >= 4 is 15.9 Å². The minimum absolute atomic E-state index is 0.145. The van der Waals surface area contributed by atoms with Gasteiger partial charge in [-0.1, -0.05) is 12.1 Å². The van der Waals surface area contributed by atoms with Crippen LogP contribution >= 0.6 is 15.9 Å². The van der Waals surface area contributed by atoms with E-state index >= 15 is 0 Å². The molecule has 1 aromatic heterocycles. The lowest BCUT2D eigenvalue weighted by Crippen LogP contribution is -2.23. The van der Waals surface area contributed by atoms with E-state index < -0.39 is 0 Å². The van der Waals surface area contributed by atoms with Crippen molar-refractivity contribution in [1.82, 2.24) is 15.1 Å². The molecule has 114 valence electrons. The van der Waals surface area contributed by atoms with Crippen molar-refractivity contribution in [1.29, 1.82) is 0 Å². The maximum absolute atomic E-state index is 13.8. The van der Waals surface area contributed by atoms with Crippen LogP contribution in [0.1, 0.15) is 22.9 Å². The highest BCUT2D eigenvalue weighted by molar-refractivity contribution is 9.10. The summed E-state index contributed by atoms with van der Waals surface area (Å²) in [5.74, 6) is -0.202. The summed E-state index contributed by atoms with van der Waals surface area (Å²) in [5, 5.41) is 7.57. The van der Waals surface area contributed by atoms with Gasteiger partial charge in [0.25, 0.3) is 0 Å². The van der Waals surface area contributed by atoms with Crippen LogP contribution in [0, 0.1) is 12.7 Å². The van der Waals surface area contributed by atoms with Gasteiger partial charge in [-0.15, -0.1) is 0 Å². The molecule has 0 aliphatic rings. The second-order valence-electron chi connectivity index (χ2n) is 4.82. The summed E-state index contributed by atoms with van der Waals surface area (Å²) in [4.78, 5) is 0. The summed E-state index contributed by atoms with van der Waals surface area (Å²) in [7, 11) is 3.51. The molecule has 1 aromatic carbocycles. The molecular formula is C15H19BrFN3O. The molecule has 1 atom stereocenters. The first kappa shape index (κ1) is 16.1. The number of aryl methyl sites for hydroxylation is 1. The molecule has 0 aliphatic heterocycles. The quantitative estimate of drug-likeness (QED) is 0.865. The highest BCUT2D eigenvalue weighted by Crippen LogP contribution is 2.29. The van der Waals surface area contributed by atoms with Gasteiger partial charge >= 0.3 is 0 Å². The molecule has 21 heavy (non-hydrogen) atoms. The molecule has 6 heteroatoms. The van der Waals surface area contributed by atoms with Crippen LogP contribution in [0.4, 0.5) is 4.39 Å². The number of nitrogens with zero attached hydrogens (tertiary/aromatic N) is 2. The third kappa shape index (κ3) is 3.51. The summed E-state index contributed by atoms with van der Waals surface area (Å²) in [6.45, 7) is 2.97. The molecule has 2 aromatic rings. The molecule has 0 amide bonds. The molecule has 0 bridgehead atoms. The van der Waals surface area contributed by atoms with Crippen LogP contribution in [0.25, 0.3) is 0 Å². The van der Waals surface area contributed by atoms with Crippen molar-refractivity contribution in [2.75, 3.05) is 20.8 Å². The predicted molar refractivity (Wildman–Crippen MR) is 83.8 cm³/mol. The summed E-state index contributed by atoms with van der Waals surface area (Å²) >= 11 is 3.52. The molecular weight excluding hydrogens is 337 g/mol. The molecule has 0 fully saturated rings. The van der Waals surface area contributed by atoms with Crippen LogP contribution in [-0.4, -0.2) is 30.5 Å². The Balaban J connectivity index is 2.40. The third-order valence-electron chi connectivity index (χ3n) is 3.43. The monoisotopic (exact) mass is 355 g/mol. The second-order valence-corrected chi connectivity index (χ2v) is 5.68. The Morgan fingerprint density at radius 3 is 2.86 bits per heavy atom. The van der Waals surface area contributed by atoms with Crippen LogP contribution in [0.15, 0.2) is 28.9 Å². The first-order valence-electron chi connectivity index (χ1n) is 6.72. The van der Waals surface area contributed by atoms with Crippen molar-refractivity contribution in [2.24, 2.45) is 0 Å². The summed E-state index contributed by atoms with van der Waals surface area (Å²) in [6, 6.07) is 5.14. The number of rotatable bonds is 6. The Hall–Kier alpha value is -1.24. The molecule has 0 spiro atoms. The number of ether oxygens (including phenoxy) is 1. The highest BCUT2D eigenvalue weighted by Gasteiger charge is 2.21. The standard InChI is InChI=1S/C15H19BrFN3O/c1-10-4-5-11(8-13(10)17)14(18-2)15-12(16)9-19-20(15)6-7-21-3/h4-5,8-9,14,18H,6-7H2,1-3H3. The maximum atomic E-state index is 13.8. The lowest BCUT2D eigenvalue weighted by Gasteiger charge is -2.19. The second kappa shape index (κ2) is 7.15. The van der Waals surface area contributed by atoms with Crippen LogP contribution in [0.2, 0.25) is 0 Å². The van der Waals surface area contributed by atoms with Gasteiger partial charge in [-0.25, -0.2) is 4.39 Å². The normalized spacial score (nSPS) is 12.6. The maximum Gasteiger partial charge on any atom is 0.126 e. The van der Waals surface area contributed by atoms with Gasteiger partial charge in [0.1, 0.15) is 5.82 Å².